The lowest BCUT2D eigenvalue weighted by Crippen LogP contribution is -2.01. The van der Waals surface area contributed by atoms with Crippen molar-refractivity contribution < 1.29 is 22.8 Å². The van der Waals surface area contributed by atoms with Gasteiger partial charge in [0.15, 0.2) is 6.29 Å². The molecule has 1 heterocycles. The number of carbonyl (C=O) groups is 1. The smallest absolute Gasteiger partial charge is 0.388 e. The molecular weight excluding hydrogens is 160 g/mol. The summed E-state index contributed by atoms with van der Waals surface area (Å²) in [4.78, 5) is 9.93. The Morgan fingerprint density at radius 3 is 2.91 bits per heavy atom. The second kappa shape index (κ2) is 3.09. The van der Waals surface area contributed by atoms with Gasteiger partial charge in [0, 0.05) is 0 Å². The molecular formula is C5H3F2NO3. The zero-order valence-corrected chi connectivity index (χ0v) is 5.16. The third kappa shape index (κ3) is 1.99. The fourth-order valence-corrected chi connectivity index (χ4v) is 0.474. The molecule has 0 amide bonds. The zero-order chi connectivity index (χ0) is 8.27. The van der Waals surface area contributed by atoms with Crippen LogP contribution in [0.3, 0.4) is 0 Å². The van der Waals surface area contributed by atoms with Crippen molar-refractivity contribution in [3.8, 4) is 5.88 Å². The number of ether oxygens (including phenoxy) is 1. The van der Waals surface area contributed by atoms with E-state index >= 15 is 0 Å². The van der Waals surface area contributed by atoms with Gasteiger partial charge in [-0.25, -0.2) is 0 Å². The van der Waals surface area contributed by atoms with Gasteiger partial charge in [-0.3, -0.25) is 4.79 Å². The Labute approximate surface area is 59.7 Å². The second-order valence-corrected chi connectivity index (χ2v) is 1.56. The summed E-state index contributed by atoms with van der Waals surface area (Å²) in [5.41, 5.74) is 0. The van der Waals surface area contributed by atoms with E-state index in [0.29, 0.717) is 6.29 Å². The van der Waals surface area contributed by atoms with Crippen molar-refractivity contribution in [2.45, 2.75) is 6.61 Å². The normalized spacial score (nSPS) is 10.1. The lowest BCUT2D eigenvalue weighted by molar-refractivity contribution is -0.0545. The molecule has 0 atom stereocenters. The topological polar surface area (TPSA) is 52.3 Å². The molecule has 0 saturated carbocycles. The quantitative estimate of drug-likeness (QED) is 0.625. The molecule has 0 spiro atoms. The number of rotatable bonds is 3. The van der Waals surface area contributed by atoms with Crippen LogP contribution in [0.1, 0.15) is 10.6 Å². The lowest BCUT2D eigenvalue weighted by atomic mass is 10.5. The maximum atomic E-state index is 11.4. The van der Waals surface area contributed by atoms with Gasteiger partial charge in [-0.05, 0) is 5.16 Å². The molecule has 0 bridgehead atoms. The average molecular weight is 163 g/mol. The van der Waals surface area contributed by atoms with Gasteiger partial charge < -0.3 is 9.26 Å². The van der Waals surface area contributed by atoms with Crippen molar-refractivity contribution in [1.82, 2.24) is 5.16 Å². The van der Waals surface area contributed by atoms with E-state index < -0.39 is 12.5 Å². The van der Waals surface area contributed by atoms with Gasteiger partial charge in [-0.2, -0.15) is 8.78 Å². The van der Waals surface area contributed by atoms with E-state index in [1.165, 1.54) is 0 Å². The Bertz CT molecular complexity index is 248. The van der Waals surface area contributed by atoms with Crippen LogP contribution in [0, 0.1) is 0 Å². The second-order valence-electron chi connectivity index (χ2n) is 1.56. The van der Waals surface area contributed by atoms with Gasteiger partial charge in [0.1, 0.15) is 0 Å². The van der Waals surface area contributed by atoms with Crippen molar-refractivity contribution in [2.75, 3.05) is 0 Å². The molecule has 0 aliphatic rings. The van der Waals surface area contributed by atoms with E-state index in [2.05, 4.69) is 14.4 Å². The summed E-state index contributed by atoms with van der Waals surface area (Å²) in [6.07, 6.45) is 0.339. The Morgan fingerprint density at radius 1 is 1.73 bits per heavy atom. The standard InChI is InChI=1S/C5H3F2NO3/c6-5(7)10-4-1-3(2-9)11-8-4/h1-2,5H. The number of hydrogen-bond acceptors (Lipinski definition) is 4. The van der Waals surface area contributed by atoms with Crippen LogP contribution in [0.25, 0.3) is 0 Å². The first-order chi connectivity index (χ1) is 5.22. The highest BCUT2D eigenvalue weighted by Gasteiger charge is 2.08. The first-order valence-corrected chi connectivity index (χ1v) is 2.59. The summed E-state index contributed by atoms with van der Waals surface area (Å²) in [7, 11) is 0. The molecule has 60 valence electrons. The summed E-state index contributed by atoms with van der Waals surface area (Å²) >= 11 is 0. The summed E-state index contributed by atoms with van der Waals surface area (Å²) in [6, 6.07) is 0.971. The number of hydrogen-bond donors (Lipinski definition) is 0. The molecule has 0 fully saturated rings. The molecule has 0 aliphatic heterocycles. The van der Waals surface area contributed by atoms with E-state index in [1.807, 2.05) is 0 Å². The summed E-state index contributed by atoms with van der Waals surface area (Å²) < 4.78 is 30.9. The molecule has 0 N–H and O–H groups in total. The molecule has 0 aromatic carbocycles. The highest BCUT2D eigenvalue weighted by atomic mass is 19.3. The average Bonchev–Trinajstić information content (AvgIpc) is 2.34. The molecule has 0 aliphatic carbocycles. The number of carbonyl (C=O) groups excluding carboxylic acids is 1. The maximum Gasteiger partial charge on any atom is 0.388 e. The SMILES string of the molecule is O=Cc1cc(OC(F)F)no1. The van der Waals surface area contributed by atoms with Crippen molar-refractivity contribution in [1.29, 1.82) is 0 Å². The predicted molar refractivity (Wildman–Crippen MR) is 28.5 cm³/mol. The van der Waals surface area contributed by atoms with Crippen LogP contribution >= 0.6 is 0 Å². The molecule has 4 nitrogen and oxygen atoms in total. The summed E-state index contributed by atoms with van der Waals surface area (Å²) in [5, 5.41) is 3.02. The molecule has 6 heteroatoms. The Morgan fingerprint density at radius 2 is 2.45 bits per heavy atom. The Kier molecular flexibility index (Phi) is 2.15. The van der Waals surface area contributed by atoms with E-state index in [4.69, 9.17) is 0 Å². The lowest BCUT2D eigenvalue weighted by Gasteiger charge is -1.95. The van der Waals surface area contributed by atoms with Crippen LogP contribution in [-0.2, 0) is 0 Å². The third-order valence-corrected chi connectivity index (χ3v) is 0.833. The monoisotopic (exact) mass is 163 g/mol. The van der Waals surface area contributed by atoms with Crippen molar-refractivity contribution >= 4 is 6.29 Å². The van der Waals surface area contributed by atoms with Crippen LogP contribution in [0.15, 0.2) is 10.6 Å². The van der Waals surface area contributed by atoms with Gasteiger partial charge in [-0.15, -0.1) is 0 Å². The molecule has 11 heavy (non-hydrogen) atoms. The number of halogens is 2. The number of alkyl halides is 2. The summed E-state index contributed by atoms with van der Waals surface area (Å²) in [5.74, 6) is -0.553. The van der Waals surface area contributed by atoms with Crippen LogP contribution < -0.4 is 4.74 Å². The Hall–Kier alpha value is -1.46. The van der Waals surface area contributed by atoms with Crippen LogP contribution in [0.4, 0.5) is 8.78 Å². The van der Waals surface area contributed by atoms with E-state index in [1.54, 1.807) is 0 Å². The fourth-order valence-electron chi connectivity index (χ4n) is 0.474. The molecule has 1 aromatic rings. The van der Waals surface area contributed by atoms with Crippen molar-refractivity contribution in [2.24, 2.45) is 0 Å². The minimum Gasteiger partial charge on any atom is -0.414 e. The van der Waals surface area contributed by atoms with Gasteiger partial charge in [-0.1, -0.05) is 0 Å². The van der Waals surface area contributed by atoms with Gasteiger partial charge in [0.25, 0.3) is 5.88 Å². The Balaban J connectivity index is 2.65. The first kappa shape index (κ1) is 7.64. The molecule has 1 aromatic heterocycles. The molecule has 1 rings (SSSR count). The molecule has 0 radical (unpaired) electrons. The van der Waals surface area contributed by atoms with Crippen LogP contribution in [-0.4, -0.2) is 18.1 Å². The van der Waals surface area contributed by atoms with Crippen molar-refractivity contribution in [3.05, 3.63) is 11.8 Å². The zero-order valence-electron chi connectivity index (χ0n) is 5.16. The van der Waals surface area contributed by atoms with E-state index in [9.17, 15) is 13.6 Å². The first-order valence-electron chi connectivity index (χ1n) is 2.59. The van der Waals surface area contributed by atoms with E-state index in [-0.39, 0.29) is 5.76 Å². The van der Waals surface area contributed by atoms with Gasteiger partial charge in [0.2, 0.25) is 5.76 Å². The van der Waals surface area contributed by atoms with Crippen molar-refractivity contribution in [3.63, 3.8) is 0 Å². The molecule has 0 saturated heterocycles. The highest BCUT2D eigenvalue weighted by molar-refractivity contribution is 5.70. The minimum absolute atomic E-state index is 0.152. The van der Waals surface area contributed by atoms with E-state index in [0.717, 1.165) is 6.07 Å². The minimum atomic E-state index is -2.96. The molecule has 0 unspecified atom stereocenters. The van der Waals surface area contributed by atoms with Crippen LogP contribution in [0.5, 0.6) is 5.88 Å². The predicted octanol–water partition coefficient (Wildman–Crippen LogP) is 1.09. The summed E-state index contributed by atoms with van der Waals surface area (Å²) in [6.45, 7) is -2.96. The third-order valence-electron chi connectivity index (χ3n) is 0.833. The number of aromatic nitrogens is 1. The maximum absolute atomic E-state index is 11.4. The number of aldehydes is 1. The van der Waals surface area contributed by atoms with Gasteiger partial charge in [0.05, 0.1) is 6.07 Å². The largest absolute Gasteiger partial charge is 0.414 e. The van der Waals surface area contributed by atoms with Crippen LogP contribution in [0.2, 0.25) is 0 Å². The highest BCUT2D eigenvalue weighted by Crippen LogP contribution is 2.11. The van der Waals surface area contributed by atoms with Gasteiger partial charge >= 0.3 is 6.61 Å². The fraction of sp³-hybridized carbons (Fsp3) is 0.200. The number of nitrogens with zero attached hydrogens (tertiary/aromatic N) is 1.